The highest BCUT2D eigenvalue weighted by atomic mass is 35.5. The van der Waals surface area contributed by atoms with Crippen molar-refractivity contribution in [1.82, 2.24) is 4.90 Å². The molecule has 0 amide bonds. The SMILES string of the molecule is CC1CN(C(=S)Nc2cccc(Cl)c2)C(=NC2CCCCCC2)S1. The number of rotatable bonds is 2. The molecule has 1 aromatic rings. The Morgan fingerprint density at radius 1 is 1.29 bits per heavy atom. The molecule has 2 aliphatic rings. The topological polar surface area (TPSA) is 27.6 Å². The first-order chi connectivity index (χ1) is 11.6. The lowest BCUT2D eigenvalue weighted by molar-refractivity contribution is 0.570. The van der Waals surface area contributed by atoms with Gasteiger partial charge in [-0.2, -0.15) is 0 Å². The summed E-state index contributed by atoms with van der Waals surface area (Å²) in [4.78, 5) is 7.21. The van der Waals surface area contributed by atoms with Crippen LogP contribution in [0.25, 0.3) is 0 Å². The molecule has 3 nitrogen and oxygen atoms in total. The fourth-order valence-corrected chi connectivity index (χ4v) is 4.80. The van der Waals surface area contributed by atoms with Gasteiger partial charge in [0.15, 0.2) is 10.3 Å². The number of nitrogens with zero attached hydrogens (tertiary/aromatic N) is 2. The van der Waals surface area contributed by atoms with Crippen molar-refractivity contribution < 1.29 is 0 Å². The Balaban J connectivity index is 1.70. The summed E-state index contributed by atoms with van der Waals surface area (Å²) < 4.78 is 0. The summed E-state index contributed by atoms with van der Waals surface area (Å²) in [5, 5.41) is 6.31. The number of nitrogens with one attached hydrogen (secondary N) is 1. The fraction of sp³-hybridized carbons (Fsp3) is 0.556. The van der Waals surface area contributed by atoms with Gasteiger partial charge >= 0.3 is 0 Å². The van der Waals surface area contributed by atoms with Gasteiger partial charge in [-0.25, -0.2) is 0 Å². The van der Waals surface area contributed by atoms with Gasteiger partial charge in [0.1, 0.15) is 0 Å². The second kappa shape index (κ2) is 8.54. The molecule has 0 bridgehead atoms. The smallest absolute Gasteiger partial charge is 0.179 e. The number of anilines is 1. The molecule has 6 heteroatoms. The molecule has 1 N–H and O–H groups in total. The molecule has 0 aromatic heterocycles. The maximum Gasteiger partial charge on any atom is 0.179 e. The summed E-state index contributed by atoms with van der Waals surface area (Å²) in [6, 6.07) is 8.12. The van der Waals surface area contributed by atoms with E-state index in [0.717, 1.165) is 17.4 Å². The number of benzene rings is 1. The van der Waals surface area contributed by atoms with Crippen LogP contribution in [0.5, 0.6) is 0 Å². The molecule has 1 saturated carbocycles. The minimum atomic E-state index is 0.455. The molecule has 0 radical (unpaired) electrons. The normalized spacial score (nSPS) is 24.2. The first-order valence-electron chi connectivity index (χ1n) is 8.70. The molecule has 1 saturated heterocycles. The molecule has 130 valence electrons. The zero-order chi connectivity index (χ0) is 16.9. The zero-order valence-corrected chi connectivity index (χ0v) is 16.4. The first kappa shape index (κ1) is 18.0. The quantitative estimate of drug-likeness (QED) is 0.536. The zero-order valence-electron chi connectivity index (χ0n) is 14.0. The number of thiocarbonyl (C=S) groups is 1. The van der Waals surface area contributed by atoms with Crippen molar-refractivity contribution in [2.75, 3.05) is 11.9 Å². The number of hydrogen-bond acceptors (Lipinski definition) is 3. The Hall–Kier alpha value is -0.780. The maximum atomic E-state index is 6.06. The van der Waals surface area contributed by atoms with E-state index in [2.05, 4.69) is 17.1 Å². The lowest BCUT2D eigenvalue weighted by Crippen LogP contribution is -2.36. The van der Waals surface area contributed by atoms with Gasteiger partial charge in [-0.15, -0.1) is 0 Å². The van der Waals surface area contributed by atoms with Crippen LogP contribution in [0.3, 0.4) is 0 Å². The van der Waals surface area contributed by atoms with Crippen molar-refractivity contribution in [2.24, 2.45) is 4.99 Å². The van der Waals surface area contributed by atoms with Gasteiger partial charge in [0.25, 0.3) is 0 Å². The minimum absolute atomic E-state index is 0.455. The van der Waals surface area contributed by atoms with E-state index in [0.29, 0.717) is 21.4 Å². The van der Waals surface area contributed by atoms with Crippen LogP contribution >= 0.6 is 35.6 Å². The van der Waals surface area contributed by atoms with E-state index < -0.39 is 0 Å². The van der Waals surface area contributed by atoms with Gasteiger partial charge in [0, 0.05) is 22.5 Å². The first-order valence-corrected chi connectivity index (χ1v) is 10.4. The number of amidine groups is 1. The van der Waals surface area contributed by atoms with Gasteiger partial charge < -0.3 is 5.32 Å². The van der Waals surface area contributed by atoms with Crippen LogP contribution in [0.15, 0.2) is 29.3 Å². The Morgan fingerprint density at radius 3 is 2.75 bits per heavy atom. The van der Waals surface area contributed by atoms with Crippen LogP contribution in [-0.2, 0) is 0 Å². The van der Waals surface area contributed by atoms with Crippen LogP contribution in [0.1, 0.15) is 45.4 Å². The molecule has 1 aromatic carbocycles. The predicted octanol–water partition coefficient (Wildman–Crippen LogP) is 5.55. The number of aliphatic imine (C=N–C) groups is 1. The second-order valence-corrected chi connectivity index (χ2v) is 8.77. The molecule has 2 fully saturated rings. The Kier molecular flexibility index (Phi) is 6.42. The highest BCUT2D eigenvalue weighted by molar-refractivity contribution is 8.14. The van der Waals surface area contributed by atoms with E-state index in [1.165, 1.54) is 38.5 Å². The summed E-state index contributed by atoms with van der Waals surface area (Å²) in [7, 11) is 0. The van der Waals surface area contributed by atoms with Crippen molar-refractivity contribution in [3.05, 3.63) is 29.3 Å². The van der Waals surface area contributed by atoms with Crippen molar-refractivity contribution in [2.45, 2.75) is 56.7 Å². The summed E-state index contributed by atoms with van der Waals surface area (Å²) in [5.74, 6) is 0. The average Bonchev–Trinajstić information content (AvgIpc) is 2.74. The molecule has 1 aliphatic heterocycles. The van der Waals surface area contributed by atoms with Gasteiger partial charge in [0.2, 0.25) is 0 Å². The minimum Gasteiger partial charge on any atom is -0.332 e. The molecule has 0 spiro atoms. The second-order valence-electron chi connectivity index (χ2n) is 6.54. The third kappa shape index (κ3) is 4.87. The standard InChI is InChI=1S/C18H24ClN3S2/c1-13-12-22(17(23)20-16-10-6-7-14(19)11-16)18(24-13)21-15-8-4-2-3-5-9-15/h6-7,10-11,13,15H,2-5,8-9,12H2,1H3,(H,20,23). The third-order valence-corrected chi connectivity index (χ3v) is 6.06. The van der Waals surface area contributed by atoms with E-state index >= 15 is 0 Å². The molecule has 1 heterocycles. The van der Waals surface area contributed by atoms with Gasteiger partial charge in [-0.1, -0.05) is 62.0 Å². The Bertz CT molecular complexity index is 612. The van der Waals surface area contributed by atoms with Gasteiger partial charge in [0.05, 0.1) is 6.04 Å². The van der Waals surface area contributed by atoms with Crippen molar-refractivity contribution in [3.63, 3.8) is 0 Å². The van der Waals surface area contributed by atoms with E-state index in [1.54, 1.807) is 0 Å². The summed E-state index contributed by atoms with van der Waals surface area (Å²) >= 11 is 13.5. The lowest BCUT2D eigenvalue weighted by atomic mass is 10.1. The molecule has 1 atom stereocenters. The van der Waals surface area contributed by atoms with E-state index in [-0.39, 0.29) is 0 Å². The van der Waals surface area contributed by atoms with E-state index in [1.807, 2.05) is 36.0 Å². The van der Waals surface area contributed by atoms with Crippen LogP contribution in [0.4, 0.5) is 5.69 Å². The summed E-state index contributed by atoms with van der Waals surface area (Å²) in [6.45, 7) is 3.14. The molecule has 1 aliphatic carbocycles. The fourth-order valence-electron chi connectivity index (χ4n) is 3.19. The number of hydrogen-bond donors (Lipinski definition) is 1. The van der Waals surface area contributed by atoms with Crippen LogP contribution in [-0.4, -0.2) is 33.0 Å². The lowest BCUT2D eigenvalue weighted by Gasteiger charge is -2.21. The summed E-state index contributed by atoms with van der Waals surface area (Å²) in [6.07, 6.45) is 7.72. The van der Waals surface area contributed by atoms with Crippen LogP contribution in [0.2, 0.25) is 5.02 Å². The summed E-state index contributed by atoms with van der Waals surface area (Å²) in [5.41, 5.74) is 0.922. The van der Waals surface area contributed by atoms with Gasteiger partial charge in [-0.05, 0) is 43.3 Å². The van der Waals surface area contributed by atoms with Crippen LogP contribution in [0, 0.1) is 0 Å². The van der Waals surface area contributed by atoms with E-state index in [4.69, 9.17) is 28.8 Å². The highest BCUT2D eigenvalue weighted by Gasteiger charge is 2.29. The third-order valence-electron chi connectivity index (χ3n) is 4.42. The van der Waals surface area contributed by atoms with Crippen molar-refractivity contribution in [3.8, 4) is 0 Å². The van der Waals surface area contributed by atoms with E-state index in [9.17, 15) is 0 Å². The number of halogens is 1. The largest absolute Gasteiger partial charge is 0.332 e. The molecule has 3 rings (SSSR count). The highest BCUT2D eigenvalue weighted by Crippen LogP contribution is 2.29. The van der Waals surface area contributed by atoms with Crippen LogP contribution < -0.4 is 5.32 Å². The molecule has 1 unspecified atom stereocenters. The number of thioether (sulfide) groups is 1. The van der Waals surface area contributed by atoms with Crippen molar-refractivity contribution in [1.29, 1.82) is 0 Å². The van der Waals surface area contributed by atoms with Gasteiger partial charge in [-0.3, -0.25) is 9.89 Å². The predicted molar refractivity (Wildman–Crippen MR) is 110 cm³/mol. The Morgan fingerprint density at radius 2 is 2.04 bits per heavy atom. The Labute approximate surface area is 159 Å². The van der Waals surface area contributed by atoms with Crippen molar-refractivity contribution >= 4 is 51.5 Å². The molecule has 24 heavy (non-hydrogen) atoms. The molecular formula is C18H24ClN3S2. The monoisotopic (exact) mass is 381 g/mol. The molecular weight excluding hydrogens is 358 g/mol. The maximum absolute atomic E-state index is 6.06. The average molecular weight is 382 g/mol.